The molecule has 0 radical (unpaired) electrons. The van der Waals surface area contributed by atoms with Crippen molar-refractivity contribution >= 4 is 5.97 Å². The lowest BCUT2D eigenvalue weighted by molar-refractivity contribution is -0.142. The van der Waals surface area contributed by atoms with Crippen molar-refractivity contribution in [2.24, 2.45) is 0 Å². The van der Waals surface area contributed by atoms with Crippen LogP contribution in [0.2, 0.25) is 0 Å². The maximum Gasteiger partial charge on any atom is 0.343 e. The highest BCUT2D eigenvalue weighted by Crippen LogP contribution is 2.28. The molecule has 0 bridgehead atoms. The van der Waals surface area contributed by atoms with Gasteiger partial charge in [-0.15, -0.1) is 0 Å². The number of esters is 1. The summed E-state index contributed by atoms with van der Waals surface area (Å²) in [6, 6.07) is 0. The van der Waals surface area contributed by atoms with E-state index in [0.717, 1.165) is 17.9 Å². The van der Waals surface area contributed by atoms with Gasteiger partial charge in [0.15, 0.2) is 12.8 Å². The van der Waals surface area contributed by atoms with Crippen molar-refractivity contribution in [3.05, 3.63) is 27.0 Å². The van der Waals surface area contributed by atoms with Crippen LogP contribution in [0.15, 0.2) is 15.8 Å². The van der Waals surface area contributed by atoms with Gasteiger partial charge in [-0.25, -0.2) is 9.59 Å². The van der Waals surface area contributed by atoms with Gasteiger partial charge in [-0.3, -0.25) is 14.3 Å². The minimum absolute atomic E-state index is 0.382. The lowest BCUT2D eigenvalue weighted by atomic mass is 10.1. The average Bonchev–Trinajstić information content (AvgIpc) is 2.81. The Labute approximate surface area is 128 Å². The molecular weight excluding hydrogens is 316 g/mol. The largest absolute Gasteiger partial charge is 0.475 e. The number of carbonyl (C=O) groups excluding carboxylic acids is 1. The zero-order chi connectivity index (χ0) is 17.1. The number of aromatic nitrogens is 2. The number of carbonyl (C=O) groups is 1. The summed E-state index contributed by atoms with van der Waals surface area (Å²) in [7, 11) is 1.13. The first-order valence-electron chi connectivity index (χ1n) is 6.56. The molecule has 0 saturated carbocycles. The molecule has 1 fully saturated rings. The normalized spacial score (nSPS) is 27.0. The molecule has 0 amide bonds. The van der Waals surface area contributed by atoms with E-state index >= 15 is 0 Å². The molecule has 1 aliphatic rings. The number of nitrogens with one attached hydrogen (secondary N) is 1. The Hall–Kier alpha value is -2.21. The van der Waals surface area contributed by atoms with E-state index in [1.165, 1.54) is 0 Å². The Kier molecular flexibility index (Phi) is 5.15. The highest BCUT2D eigenvalue weighted by Gasteiger charge is 2.43. The molecule has 11 nitrogen and oxygen atoms in total. The molecule has 23 heavy (non-hydrogen) atoms. The van der Waals surface area contributed by atoms with Crippen LogP contribution in [-0.4, -0.2) is 69.5 Å². The van der Waals surface area contributed by atoms with Crippen LogP contribution in [0.5, 0.6) is 5.75 Å². The fourth-order valence-electron chi connectivity index (χ4n) is 2.06. The molecular formula is C12H16N2O9. The molecule has 2 heterocycles. The summed E-state index contributed by atoms with van der Waals surface area (Å²) in [5.41, 5.74) is -1.81. The Morgan fingerprint density at radius 3 is 2.65 bits per heavy atom. The van der Waals surface area contributed by atoms with Crippen LogP contribution in [0.4, 0.5) is 0 Å². The van der Waals surface area contributed by atoms with Crippen molar-refractivity contribution in [1.82, 2.24) is 9.55 Å². The molecule has 0 aliphatic carbocycles. The maximum atomic E-state index is 11.8. The third-order valence-corrected chi connectivity index (χ3v) is 3.30. The lowest BCUT2D eigenvalue weighted by Crippen LogP contribution is -2.38. The molecule has 1 aromatic heterocycles. The van der Waals surface area contributed by atoms with Crippen LogP contribution in [-0.2, 0) is 14.3 Å². The van der Waals surface area contributed by atoms with Crippen molar-refractivity contribution in [1.29, 1.82) is 0 Å². The first-order chi connectivity index (χ1) is 10.9. The third-order valence-electron chi connectivity index (χ3n) is 3.30. The molecule has 1 unspecified atom stereocenters. The first-order valence-corrected chi connectivity index (χ1v) is 6.56. The molecule has 1 aromatic rings. The van der Waals surface area contributed by atoms with E-state index in [2.05, 4.69) is 4.74 Å². The van der Waals surface area contributed by atoms with E-state index in [4.69, 9.17) is 14.6 Å². The standard InChI is InChI=1S/C12H16N2O9/c1-21-7(16)4-22-5-2-14(12(20)13-10(5)19)11-9(18)8(17)6(3-15)23-11/h2,6,8-9,11,15,17-18H,3-4H2,1H3,(H,13,19,20)/t6-,8+,9?,11-/m1/s1. The van der Waals surface area contributed by atoms with Crippen molar-refractivity contribution < 1.29 is 34.3 Å². The second-order valence-corrected chi connectivity index (χ2v) is 4.75. The number of methoxy groups -OCH3 is 1. The van der Waals surface area contributed by atoms with E-state index in [1.807, 2.05) is 4.98 Å². The van der Waals surface area contributed by atoms with Crippen LogP contribution in [0.1, 0.15) is 6.23 Å². The number of hydrogen-bond donors (Lipinski definition) is 4. The molecule has 4 atom stereocenters. The average molecular weight is 332 g/mol. The maximum absolute atomic E-state index is 11.8. The Bertz CT molecular complexity index is 682. The Morgan fingerprint density at radius 2 is 2.09 bits per heavy atom. The van der Waals surface area contributed by atoms with Crippen molar-refractivity contribution in [2.75, 3.05) is 20.3 Å². The number of aromatic amines is 1. The zero-order valence-corrected chi connectivity index (χ0v) is 12.0. The summed E-state index contributed by atoms with van der Waals surface area (Å²) < 4.78 is 15.3. The minimum Gasteiger partial charge on any atom is -0.475 e. The van der Waals surface area contributed by atoms with Gasteiger partial charge in [0.2, 0.25) is 5.75 Å². The summed E-state index contributed by atoms with van der Waals surface area (Å²) in [6.07, 6.45) is -4.42. The summed E-state index contributed by atoms with van der Waals surface area (Å²) in [5.74, 6) is -1.12. The van der Waals surface area contributed by atoms with Gasteiger partial charge in [-0.05, 0) is 0 Å². The third kappa shape index (κ3) is 3.42. The minimum atomic E-state index is -1.51. The summed E-state index contributed by atoms with van der Waals surface area (Å²) in [4.78, 5) is 36.4. The predicted octanol–water partition coefficient (Wildman–Crippen LogP) is -3.30. The van der Waals surface area contributed by atoms with Crippen LogP contribution in [0.25, 0.3) is 0 Å². The van der Waals surface area contributed by atoms with Gasteiger partial charge in [0.05, 0.1) is 19.9 Å². The van der Waals surface area contributed by atoms with Gasteiger partial charge in [-0.1, -0.05) is 0 Å². The topological polar surface area (TPSA) is 160 Å². The highest BCUT2D eigenvalue weighted by molar-refractivity contribution is 5.70. The molecule has 1 saturated heterocycles. The summed E-state index contributed by atoms with van der Waals surface area (Å²) in [5, 5.41) is 28.6. The second-order valence-electron chi connectivity index (χ2n) is 4.75. The van der Waals surface area contributed by atoms with Crippen molar-refractivity contribution in [3.8, 4) is 5.75 Å². The van der Waals surface area contributed by atoms with Gasteiger partial charge in [-0.2, -0.15) is 0 Å². The number of aliphatic hydroxyl groups is 3. The highest BCUT2D eigenvalue weighted by atomic mass is 16.6. The van der Waals surface area contributed by atoms with E-state index < -0.39 is 55.0 Å². The zero-order valence-electron chi connectivity index (χ0n) is 12.0. The summed E-state index contributed by atoms with van der Waals surface area (Å²) >= 11 is 0. The van der Waals surface area contributed by atoms with Gasteiger partial charge < -0.3 is 29.5 Å². The molecule has 4 N–H and O–H groups in total. The molecule has 1 aliphatic heterocycles. The molecule has 128 valence electrons. The fraction of sp³-hybridized carbons (Fsp3) is 0.583. The number of rotatable bonds is 5. The van der Waals surface area contributed by atoms with E-state index in [0.29, 0.717) is 0 Å². The Morgan fingerprint density at radius 1 is 1.39 bits per heavy atom. The Balaban J connectivity index is 2.31. The molecule has 2 rings (SSSR count). The number of hydrogen-bond acceptors (Lipinski definition) is 9. The van der Waals surface area contributed by atoms with Crippen LogP contribution >= 0.6 is 0 Å². The SMILES string of the molecule is COC(=O)COc1cn([C@@H]2O[C@H](CO)[C@H](O)C2O)c(=O)[nH]c1=O. The smallest absolute Gasteiger partial charge is 0.343 e. The summed E-state index contributed by atoms with van der Waals surface area (Å²) in [6.45, 7) is -1.13. The molecule has 0 spiro atoms. The van der Waals surface area contributed by atoms with E-state index in [-0.39, 0.29) is 5.75 Å². The number of H-pyrrole nitrogens is 1. The number of ether oxygens (including phenoxy) is 3. The lowest BCUT2D eigenvalue weighted by Gasteiger charge is -2.17. The van der Waals surface area contributed by atoms with Crippen LogP contribution in [0.3, 0.4) is 0 Å². The van der Waals surface area contributed by atoms with Crippen LogP contribution in [0, 0.1) is 0 Å². The second kappa shape index (κ2) is 6.91. The van der Waals surface area contributed by atoms with E-state index in [9.17, 15) is 24.6 Å². The monoisotopic (exact) mass is 332 g/mol. The molecule has 0 aromatic carbocycles. The van der Waals surface area contributed by atoms with Crippen molar-refractivity contribution in [3.63, 3.8) is 0 Å². The quantitative estimate of drug-likeness (QED) is 0.405. The number of nitrogens with zero attached hydrogens (tertiary/aromatic N) is 1. The first kappa shape index (κ1) is 17.1. The fourth-order valence-corrected chi connectivity index (χ4v) is 2.06. The predicted molar refractivity (Wildman–Crippen MR) is 71.8 cm³/mol. The van der Waals surface area contributed by atoms with Crippen molar-refractivity contribution in [2.45, 2.75) is 24.5 Å². The van der Waals surface area contributed by atoms with Gasteiger partial charge in [0, 0.05) is 0 Å². The van der Waals surface area contributed by atoms with Gasteiger partial charge in [0.1, 0.15) is 18.3 Å². The van der Waals surface area contributed by atoms with Crippen LogP contribution < -0.4 is 16.0 Å². The number of aliphatic hydroxyl groups excluding tert-OH is 3. The van der Waals surface area contributed by atoms with Gasteiger partial charge in [0.25, 0.3) is 5.56 Å². The van der Waals surface area contributed by atoms with E-state index in [1.54, 1.807) is 0 Å². The van der Waals surface area contributed by atoms with Gasteiger partial charge >= 0.3 is 11.7 Å². The molecule has 11 heteroatoms.